The predicted octanol–water partition coefficient (Wildman–Crippen LogP) is 3.82. The van der Waals surface area contributed by atoms with Gasteiger partial charge in [-0.2, -0.15) is 0 Å². The van der Waals surface area contributed by atoms with Crippen molar-refractivity contribution < 1.29 is 38.1 Å². The maximum atomic E-state index is 12.6. The summed E-state index contributed by atoms with van der Waals surface area (Å²) < 4.78 is 21.2. The molecular weight excluding hydrogens is 472 g/mol. The topological polar surface area (TPSA) is 153 Å². The van der Waals surface area contributed by atoms with Gasteiger partial charge in [0.25, 0.3) is 0 Å². The number of carbonyl (C=O) groups is 4. The van der Waals surface area contributed by atoms with Gasteiger partial charge in [-0.25, -0.2) is 19.2 Å². The summed E-state index contributed by atoms with van der Waals surface area (Å²) in [6.45, 7) is 20.1. The Morgan fingerprint density at radius 1 is 0.472 bits per heavy atom. The van der Waals surface area contributed by atoms with Crippen molar-refractivity contribution in [3.05, 3.63) is 0 Å². The molecule has 0 fully saturated rings. The average Bonchev–Trinajstić information content (AvgIpc) is 2.56. The van der Waals surface area contributed by atoms with E-state index < -0.39 is 58.9 Å². The van der Waals surface area contributed by atoms with Gasteiger partial charge in [0.05, 0.1) is 12.1 Å². The lowest BCUT2D eigenvalue weighted by Gasteiger charge is -2.31. The number of ether oxygens (including phenoxy) is 4. The number of hydrogen-bond donors (Lipinski definition) is 4. The largest absolute Gasteiger partial charge is 0.444 e. The molecule has 0 aliphatic heterocycles. The van der Waals surface area contributed by atoms with Gasteiger partial charge in [-0.1, -0.05) is 0 Å². The van der Waals surface area contributed by atoms with Gasteiger partial charge in [-0.05, 0) is 83.1 Å². The third-order valence-corrected chi connectivity index (χ3v) is 3.62. The Kier molecular flexibility index (Phi) is 11.8. The smallest absolute Gasteiger partial charge is 0.408 e. The minimum absolute atomic E-state index is 0.162. The monoisotopic (exact) mass is 518 g/mol. The zero-order chi connectivity index (χ0) is 28.5. The van der Waals surface area contributed by atoms with Crippen LogP contribution in [-0.2, 0) is 18.9 Å². The van der Waals surface area contributed by atoms with Gasteiger partial charge in [0.1, 0.15) is 22.4 Å². The Hall–Kier alpha value is -2.92. The second kappa shape index (κ2) is 12.9. The van der Waals surface area contributed by atoms with Crippen molar-refractivity contribution in [2.75, 3.05) is 13.1 Å². The first-order valence-electron chi connectivity index (χ1n) is 11.9. The molecule has 12 heteroatoms. The van der Waals surface area contributed by atoms with Crippen LogP contribution in [0.15, 0.2) is 0 Å². The number of rotatable bonds is 7. The number of alkyl carbamates (subject to hydrolysis) is 4. The fourth-order valence-corrected chi connectivity index (χ4v) is 2.52. The molecule has 2 atom stereocenters. The molecule has 0 aromatic heterocycles. The SMILES string of the molecule is CC(C)(C)OC(=O)NCC(NC(=O)OC(C)(C)C)C(CNC(=O)OC(C)(C)C)NC(=O)OC(C)(C)C. The van der Waals surface area contributed by atoms with E-state index in [-0.39, 0.29) is 13.1 Å². The van der Waals surface area contributed by atoms with E-state index in [4.69, 9.17) is 18.9 Å². The fourth-order valence-electron chi connectivity index (χ4n) is 2.52. The normalized spacial score (nSPS) is 14.0. The van der Waals surface area contributed by atoms with Gasteiger partial charge in [0.15, 0.2) is 0 Å². The number of carbonyl (C=O) groups excluding carboxylic acids is 4. The minimum Gasteiger partial charge on any atom is -0.444 e. The highest BCUT2D eigenvalue weighted by Crippen LogP contribution is 2.11. The Labute approximate surface area is 214 Å². The van der Waals surface area contributed by atoms with Crippen LogP contribution in [0.1, 0.15) is 83.1 Å². The van der Waals surface area contributed by atoms with E-state index in [0.29, 0.717) is 0 Å². The van der Waals surface area contributed by atoms with Crippen LogP contribution in [0.25, 0.3) is 0 Å². The number of amides is 4. The fraction of sp³-hybridized carbons (Fsp3) is 0.833. The molecule has 0 spiro atoms. The van der Waals surface area contributed by atoms with Crippen molar-refractivity contribution in [2.45, 2.75) is 118 Å². The lowest BCUT2D eigenvalue weighted by molar-refractivity contribution is 0.0393. The van der Waals surface area contributed by atoms with E-state index in [0.717, 1.165) is 0 Å². The van der Waals surface area contributed by atoms with Crippen LogP contribution in [0.5, 0.6) is 0 Å². The van der Waals surface area contributed by atoms with E-state index in [1.54, 1.807) is 83.1 Å². The van der Waals surface area contributed by atoms with Gasteiger partial charge < -0.3 is 40.2 Å². The maximum absolute atomic E-state index is 12.6. The zero-order valence-corrected chi connectivity index (χ0v) is 23.8. The van der Waals surface area contributed by atoms with E-state index in [2.05, 4.69) is 21.3 Å². The molecule has 0 saturated carbocycles. The molecule has 210 valence electrons. The first-order chi connectivity index (χ1) is 16.0. The molecule has 0 radical (unpaired) electrons. The summed E-state index contributed by atoms with van der Waals surface area (Å²) in [6, 6.07) is -1.87. The summed E-state index contributed by atoms with van der Waals surface area (Å²) >= 11 is 0. The molecule has 4 amide bonds. The third kappa shape index (κ3) is 18.4. The van der Waals surface area contributed by atoms with Crippen molar-refractivity contribution in [3.63, 3.8) is 0 Å². The Balaban J connectivity index is 5.82. The molecule has 0 aliphatic rings. The molecule has 0 aromatic carbocycles. The van der Waals surface area contributed by atoms with Crippen LogP contribution >= 0.6 is 0 Å². The maximum Gasteiger partial charge on any atom is 0.408 e. The summed E-state index contributed by atoms with van der Waals surface area (Å²) in [6.07, 6.45) is -3.03. The van der Waals surface area contributed by atoms with E-state index in [9.17, 15) is 19.2 Å². The van der Waals surface area contributed by atoms with Gasteiger partial charge in [-0.3, -0.25) is 0 Å². The van der Waals surface area contributed by atoms with Crippen molar-refractivity contribution in [1.29, 1.82) is 0 Å². The summed E-state index contributed by atoms with van der Waals surface area (Å²) in [4.78, 5) is 49.6. The molecule has 0 saturated heterocycles. The number of hydrogen-bond acceptors (Lipinski definition) is 8. The average molecular weight is 519 g/mol. The summed E-state index contributed by atoms with van der Waals surface area (Å²) in [7, 11) is 0. The van der Waals surface area contributed by atoms with Crippen LogP contribution in [0.4, 0.5) is 19.2 Å². The first-order valence-corrected chi connectivity index (χ1v) is 11.9. The van der Waals surface area contributed by atoms with Crippen molar-refractivity contribution >= 4 is 24.4 Å². The Morgan fingerprint density at radius 2 is 0.694 bits per heavy atom. The zero-order valence-electron chi connectivity index (χ0n) is 23.8. The van der Waals surface area contributed by atoms with Crippen LogP contribution in [0.2, 0.25) is 0 Å². The summed E-state index contributed by atoms with van der Waals surface area (Å²) in [5.41, 5.74) is -3.08. The van der Waals surface area contributed by atoms with Gasteiger partial charge in [0.2, 0.25) is 0 Å². The van der Waals surface area contributed by atoms with E-state index >= 15 is 0 Å². The van der Waals surface area contributed by atoms with Crippen LogP contribution in [0.3, 0.4) is 0 Å². The van der Waals surface area contributed by atoms with Gasteiger partial charge in [-0.15, -0.1) is 0 Å². The van der Waals surface area contributed by atoms with Crippen molar-refractivity contribution in [1.82, 2.24) is 21.3 Å². The predicted molar refractivity (Wildman–Crippen MR) is 135 cm³/mol. The summed E-state index contributed by atoms with van der Waals surface area (Å²) in [5.74, 6) is 0. The molecule has 2 unspecified atom stereocenters. The lowest BCUT2D eigenvalue weighted by atomic mass is 10.1. The van der Waals surface area contributed by atoms with Crippen molar-refractivity contribution in [3.8, 4) is 0 Å². The summed E-state index contributed by atoms with van der Waals surface area (Å²) in [5, 5.41) is 10.4. The first kappa shape index (κ1) is 33.1. The molecule has 0 rings (SSSR count). The molecule has 4 N–H and O–H groups in total. The third-order valence-electron chi connectivity index (χ3n) is 3.62. The second-order valence-electron chi connectivity index (χ2n) is 12.3. The Bertz CT molecular complexity index is 694. The van der Waals surface area contributed by atoms with Crippen LogP contribution < -0.4 is 21.3 Å². The highest BCUT2D eigenvalue weighted by molar-refractivity contribution is 5.71. The van der Waals surface area contributed by atoms with E-state index in [1.807, 2.05) is 0 Å². The number of nitrogens with one attached hydrogen (secondary N) is 4. The highest BCUT2D eigenvalue weighted by atomic mass is 16.6. The van der Waals surface area contributed by atoms with Crippen LogP contribution in [0, 0.1) is 0 Å². The molecule has 0 bridgehead atoms. The van der Waals surface area contributed by atoms with Gasteiger partial charge in [0, 0.05) is 13.1 Å². The van der Waals surface area contributed by atoms with Gasteiger partial charge >= 0.3 is 24.4 Å². The molecular formula is C24H46N4O8. The van der Waals surface area contributed by atoms with Crippen LogP contribution in [-0.4, -0.2) is 72.0 Å². The quantitative estimate of drug-likeness (QED) is 0.371. The minimum atomic E-state index is -0.935. The molecule has 0 aliphatic carbocycles. The molecule has 36 heavy (non-hydrogen) atoms. The van der Waals surface area contributed by atoms with E-state index in [1.165, 1.54) is 0 Å². The highest BCUT2D eigenvalue weighted by Gasteiger charge is 2.31. The van der Waals surface area contributed by atoms with Crippen molar-refractivity contribution in [2.24, 2.45) is 0 Å². The second-order valence-corrected chi connectivity index (χ2v) is 12.3. The molecule has 12 nitrogen and oxygen atoms in total. The Morgan fingerprint density at radius 3 is 0.917 bits per heavy atom. The molecule has 0 aromatic rings. The lowest BCUT2D eigenvalue weighted by Crippen LogP contribution is -2.61. The standard InChI is InChI=1S/C24H46N4O8/c1-21(2,3)33-17(29)25-13-15(27-19(31)35-23(7,8)9)16(28-20(32)36-24(10,11)12)14-26-18(30)34-22(4,5)6/h15-16H,13-14H2,1-12H3,(H,25,29)(H,26,30)(H,27,31)(H,28,32). The molecule has 0 heterocycles.